The minimum atomic E-state index is 0.587. The minimum Gasteiger partial charge on any atom is -0.355 e. The molecule has 2 aliphatic heterocycles. The third-order valence-corrected chi connectivity index (χ3v) is 4.15. The summed E-state index contributed by atoms with van der Waals surface area (Å²) in [6.07, 6.45) is 7.92. The van der Waals surface area contributed by atoms with Crippen molar-refractivity contribution in [3.63, 3.8) is 0 Å². The van der Waals surface area contributed by atoms with Gasteiger partial charge in [0.15, 0.2) is 0 Å². The summed E-state index contributed by atoms with van der Waals surface area (Å²) in [6.45, 7) is 5.58. The molecule has 0 aromatic carbocycles. The number of anilines is 1. The van der Waals surface area contributed by atoms with Gasteiger partial charge in [0.1, 0.15) is 5.82 Å². The number of nitrogens with zero attached hydrogens (tertiary/aromatic N) is 3. The Balaban J connectivity index is 1.69. The molecule has 2 N–H and O–H groups in total. The van der Waals surface area contributed by atoms with Crippen LogP contribution in [0.2, 0.25) is 0 Å². The highest BCUT2D eigenvalue weighted by Crippen LogP contribution is 2.27. The molecule has 5 nitrogen and oxygen atoms in total. The van der Waals surface area contributed by atoms with Crippen LogP contribution in [0.3, 0.4) is 0 Å². The summed E-state index contributed by atoms with van der Waals surface area (Å²) in [5, 5.41) is 0. The van der Waals surface area contributed by atoms with Gasteiger partial charge in [0, 0.05) is 38.1 Å². The lowest BCUT2D eigenvalue weighted by Crippen LogP contribution is -2.46. The molecule has 3 atom stereocenters. The Hall–Kier alpha value is -1.20. The standard InChI is InChI=1S/C13H21N5/c1-10-7-16-17-13(10)11-3-2-6-18(9-11)12-8-14-4-5-15-12/h4-5,8,10-11,13,16-17H,2-3,6-7,9H2,1H3. The average molecular weight is 247 g/mol. The molecule has 2 fully saturated rings. The normalized spacial score (nSPS) is 32.7. The van der Waals surface area contributed by atoms with Crippen LogP contribution in [-0.2, 0) is 0 Å². The smallest absolute Gasteiger partial charge is 0.147 e. The topological polar surface area (TPSA) is 53.1 Å². The fourth-order valence-corrected chi connectivity index (χ4v) is 3.16. The SMILES string of the molecule is CC1CNNC1C1CCCN(c2cnccn2)C1. The maximum absolute atomic E-state index is 4.41. The van der Waals surface area contributed by atoms with Gasteiger partial charge in [-0.2, -0.15) is 0 Å². The fraction of sp³-hybridized carbons (Fsp3) is 0.692. The van der Waals surface area contributed by atoms with Gasteiger partial charge in [-0.25, -0.2) is 4.98 Å². The van der Waals surface area contributed by atoms with Crippen molar-refractivity contribution in [2.45, 2.75) is 25.8 Å². The molecule has 3 heterocycles. The molecule has 3 unspecified atom stereocenters. The van der Waals surface area contributed by atoms with E-state index < -0.39 is 0 Å². The van der Waals surface area contributed by atoms with Crippen molar-refractivity contribution in [2.24, 2.45) is 11.8 Å². The van der Waals surface area contributed by atoms with Crippen LogP contribution in [0.15, 0.2) is 18.6 Å². The van der Waals surface area contributed by atoms with Crippen LogP contribution >= 0.6 is 0 Å². The summed E-state index contributed by atoms with van der Waals surface area (Å²) in [5.74, 6) is 2.42. The molecule has 0 saturated carbocycles. The molecule has 0 spiro atoms. The van der Waals surface area contributed by atoms with E-state index in [9.17, 15) is 0 Å². The summed E-state index contributed by atoms with van der Waals surface area (Å²) in [4.78, 5) is 10.9. The molecule has 2 saturated heterocycles. The number of hydrogen-bond acceptors (Lipinski definition) is 5. The van der Waals surface area contributed by atoms with E-state index in [0.29, 0.717) is 17.9 Å². The first-order valence-electron chi connectivity index (χ1n) is 6.84. The average Bonchev–Trinajstić information content (AvgIpc) is 2.86. The molecule has 18 heavy (non-hydrogen) atoms. The molecule has 98 valence electrons. The van der Waals surface area contributed by atoms with Crippen LogP contribution in [0.4, 0.5) is 5.82 Å². The van der Waals surface area contributed by atoms with Gasteiger partial charge in [-0.3, -0.25) is 15.8 Å². The van der Waals surface area contributed by atoms with Crippen LogP contribution < -0.4 is 15.8 Å². The van der Waals surface area contributed by atoms with Gasteiger partial charge < -0.3 is 4.90 Å². The first-order chi connectivity index (χ1) is 8.84. The highest BCUT2D eigenvalue weighted by atomic mass is 15.4. The molecule has 0 bridgehead atoms. The van der Waals surface area contributed by atoms with Gasteiger partial charge in [0.2, 0.25) is 0 Å². The lowest BCUT2D eigenvalue weighted by atomic mass is 9.85. The molecule has 3 rings (SSSR count). The Morgan fingerprint density at radius 2 is 2.33 bits per heavy atom. The highest BCUT2D eigenvalue weighted by Gasteiger charge is 2.33. The van der Waals surface area contributed by atoms with Gasteiger partial charge >= 0.3 is 0 Å². The Labute approximate surface area is 108 Å². The number of rotatable bonds is 2. The maximum atomic E-state index is 4.41. The van der Waals surface area contributed by atoms with Gasteiger partial charge in [-0.15, -0.1) is 0 Å². The monoisotopic (exact) mass is 247 g/mol. The van der Waals surface area contributed by atoms with E-state index in [1.807, 2.05) is 6.20 Å². The van der Waals surface area contributed by atoms with E-state index in [2.05, 4.69) is 32.6 Å². The molecule has 5 heteroatoms. The molecular weight excluding hydrogens is 226 g/mol. The number of piperidine rings is 1. The number of nitrogens with one attached hydrogen (secondary N) is 2. The molecule has 0 amide bonds. The van der Waals surface area contributed by atoms with Crippen LogP contribution in [0, 0.1) is 11.8 Å². The van der Waals surface area contributed by atoms with Crippen molar-refractivity contribution in [3.05, 3.63) is 18.6 Å². The Kier molecular flexibility index (Phi) is 3.43. The van der Waals surface area contributed by atoms with Gasteiger partial charge in [0.25, 0.3) is 0 Å². The fourth-order valence-electron chi connectivity index (χ4n) is 3.16. The van der Waals surface area contributed by atoms with E-state index >= 15 is 0 Å². The van der Waals surface area contributed by atoms with Crippen molar-refractivity contribution in [2.75, 3.05) is 24.5 Å². The second-order valence-electron chi connectivity index (χ2n) is 5.44. The third-order valence-electron chi connectivity index (χ3n) is 4.15. The predicted molar refractivity (Wildman–Crippen MR) is 71.1 cm³/mol. The van der Waals surface area contributed by atoms with Gasteiger partial charge in [-0.1, -0.05) is 6.92 Å². The zero-order chi connectivity index (χ0) is 12.4. The first kappa shape index (κ1) is 11.9. The second kappa shape index (κ2) is 5.20. The maximum Gasteiger partial charge on any atom is 0.147 e. The molecule has 1 aromatic heterocycles. The predicted octanol–water partition coefficient (Wildman–Crippen LogP) is 0.805. The zero-order valence-corrected chi connectivity index (χ0v) is 10.8. The Morgan fingerprint density at radius 3 is 3.06 bits per heavy atom. The van der Waals surface area contributed by atoms with E-state index in [0.717, 1.165) is 25.5 Å². The van der Waals surface area contributed by atoms with E-state index in [1.165, 1.54) is 12.8 Å². The van der Waals surface area contributed by atoms with E-state index in [-0.39, 0.29) is 0 Å². The van der Waals surface area contributed by atoms with Crippen LogP contribution in [0.25, 0.3) is 0 Å². The van der Waals surface area contributed by atoms with E-state index in [1.54, 1.807) is 12.4 Å². The van der Waals surface area contributed by atoms with Crippen LogP contribution in [0.5, 0.6) is 0 Å². The molecule has 1 aromatic rings. The first-order valence-corrected chi connectivity index (χ1v) is 6.84. The number of aromatic nitrogens is 2. The lowest BCUT2D eigenvalue weighted by molar-refractivity contribution is 0.285. The molecule has 0 aliphatic carbocycles. The summed E-state index contributed by atoms with van der Waals surface area (Å²) >= 11 is 0. The summed E-state index contributed by atoms with van der Waals surface area (Å²) < 4.78 is 0. The van der Waals surface area contributed by atoms with Crippen molar-refractivity contribution in [1.29, 1.82) is 0 Å². The van der Waals surface area contributed by atoms with Gasteiger partial charge in [0.05, 0.1) is 6.20 Å². The number of hydrazine groups is 1. The second-order valence-corrected chi connectivity index (χ2v) is 5.44. The summed E-state index contributed by atoms with van der Waals surface area (Å²) in [6, 6.07) is 0.587. The largest absolute Gasteiger partial charge is 0.355 e. The Morgan fingerprint density at radius 1 is 1.39 bits per heavy atom. The third kappa shape index (κ3) is 2.33. The molecule has 0 radical (unpaired) electrons. The summed E-state index contributed by atoms with van der Waals surface area (Å²) in [5.41, 5.74) is 6.71. The minimum absolute atomic E-state index is 0.587. The van der Waals surface area contributed by atoms with Crippen LogP contribution in [0.1, 0.15) is 19.8 Å². The number of hydrogen-bond donors (Lipinski definition) is 2. The Bertz CT molecular complexity index is 382. The molecular formula is C13H21N5. The highest BCUT2D eigenvalue weighted by molar-refractivity contribution is 5.35. The van der Waals surface area contributed by atoms with Crippen LogP contribution in [-0.4, -0.2) is 35.6 Å². The zero-order valence-electron chi connectivity index (χ0n) is 10.8. The van der Waals surface area contributed by atoms with Crippen molar-refractivity contribution < 1.29 is 0 Å². The lowest BCUT2D eigenvalue weighted by Gasteiger charge is -2.37. The quantitative estimate of drug-likeness (QED) is 0.810. The van der Waals surface area contributed by atoms with Crippen molar-refractivity contribution >= 4 is 5.82 Å². The van der Waals surface area contributed by atoms with Crippen molar-refractivity contribution in [1.82, 2.24) is 20.8 Å². The molecule has 2 aliphatic rings. The van der Waals surface area contributed by atoms with Crippen molar-refractivity contribution in [3.8, 4) is 0 Å². The van der Waals surface area contributed by atoms with E-state index in [4.69, 9.17) is 0 Å². The summed E-state index contributed by atoms with van der Waals surface area (Å²) in [7, 11) is 0. The van der Waals surface area contributed by atoms with Gasteiger partial charge in [-0.05, 0) is 24.7 Å².